The van der Waals surface area contributed by atoms with Gasteiger partial charge in [-0.1, -0.05) is 6.07 Å². The number of hydrogen-bond acceptors (Lipinski definition) is 4. The number of nitrogens with one attached hydrogen (secondary N) is 1. The number of anilines is 1. The molecule has 0 saturated heterocycles. The lowest BCUT2D eigenvalue weighted by atomic mass is 10.1. The van der Waals surface area contributed by atoms with Crippen LogP contribution in [-0.4, -0.2) is 31.9 Å². The number of carbonyl (C=O) groups is 1. The summed E-state index contributed by atoms with van der Waals surface area (Å²) in [7, 11) is 1.90. The number of fused-ring (bicyclic) bond motifs is 1. The fraction of sp³-hybridized carbons (Fsp3) is 0.417. The zero-order valence-electron chi connectivity index (χ0n) is 9.77. The molecule has 1 aromatic rings. The second-order valence-electron chi connectivity index (χ2n) is 3.89. The van der Waals surface area contributed by atoms with Crippen molar-refractivity contribution in [2.45, 2.75) is 6.54 Å². The fourth-order valence-electron chi connectivity index (χ4n) is 1.91. The van der Waals surface area contributed by atoms with Crippen LogP contribution < -0.4 is 15.0 Å². The van der Waals surface area contributed by atoms with E-state index in [1.807, 2.05) is 25.2 Å². The van der Waals surface area contributed by atoms with Crippen molar-refractivity contribution in [1.29, 1.82) is 0 Å². The van der Waals surface area contributed by atoms with Gasteiger partial charge in [-0.3, -0.25) is 4.79 Å². The quantitative estimate of drug-likeness (QED) is 0.787. The van der Waals surface area contributed by atoms with Gasteiger partial charge in [0.1, 0.15) is 5.75 Å². The molecular weight excluding hydrogens is 236 g/mol. The van der Waals surface area contributed by atoms with Crippen LogP contribution in [0.4, 0.5) is 5.69 Å². The first-order chi connectivity index (χ1) is 8.26. The van der Waals surface area contributed by atoms with Gasteiger partial charge in [-0.2, -0.15) is 12.6 Å². The van der Waals surface area contributed by atoms with Crippen LogP contribution in [0.5, 0.6) is 5.75 Å². The summed E-state index contributed by atoms with van der Waals surface area (Å²) in [6, 6.07) is 5.91. The Balaban J connectivity index is 2.34. The Morgan fingerprint density at radius 1 is 1.53 bits per heavy atom. The minimum absolute atomic E-state index is 0.00634. The smallest absolute Gasteiger partial charge is 0.265 e. The van der Waals surface area contributed by atoms with Crippen LogP contribution in [0.1, 0.15) is 5.56 Å². The van der Waals surface area contributed by atoms with E-state index in [1.54, 1.807) is 4.90 Å². The highest BCUT2D eigenvalue weighted by molar-refractivity contribution is 7.80. The van der Waals surface area contributed by atoms with E-state index in [9.17, 15) is 4.79 Å². The molecule has 1 aliphatic heterocycles. The Morgan fingerprint density at radius 2 is 2.35 bits per heavy atom. The highest BCUT2D eigenvalue weighted by atomic mass is 32.1. The Hall–Kier alpha value is -1.20. The van der Waals surface area contributed by atoms with Crippen molar-refractivity contribution in [3.05, 3.63) is 23.8 Å². The lowest BCUT2D eigenvalue weighted by Crippen LogP contribution is -2.40. The molecule has 0 atom stereocenters. The first kappa shape index (κ1) is 12.3. The van der Waals surface area contributed by atoms with Crippen molar-refractivity contribution in [2.24, 2.45) is 0 Å². The third kappa shape index (κ3) is 2.56. The summed E-state index contributed by atoms with van der Waals surface area (Å²) < 4.78 is 5.41. The van der Waals surface area contributed by atoms with Crippen LogP contribution in [0, 0.1) is 0 Å². The highest BCUT2D eigenvalue weighted by Crippen LogP contribution is 2.32. The van der Waals surface area contributed by atoms with Crippen LogP contribution in [-0.2, 0) is 11.3 Å². The first-order valence-electron chi connectivity index (χ1n) is 5.58. The van der Waals surface area contributed by atoms with Gasteiger partial charge in [0.05, 0.1) is 5.69 Å². The molecule has 1 aromatic carbocycles. The topological polar surface area (TPSA) is 41.6 Å². The zero-order chi connectivity index (χ0) is 12.3. The van der Waals surface area contributed by atoms with Gasteiger partial charge in [-0.25, -0.2) is 0 Å². The van der Waals surface area contributed by atoms with Gasteiger partial charge >= 0.3 is 0 Å². The predicted octanol–water partition coefficient (Wildman–Crippen LogP) is 1.06. The van der Waals surface area contributed by atoms with Gasteiger partial charge in [-0.15, -0.1) is 0 Å². The molecule has 0 spiro atoms. The SMILES string of the molecule is CNCc1ccc2c(c1)N(CCS)C(=O)CO2. The third-order valence-corrected chi connectivity index (χ3v) is 2.87. The molecule has 1 N–H and O–H groups in total. The number of rotatable bonds is 4. The van der Waals surface area contributed by atoms with Crippen LogP contribution in [0.15, 0.2) is 18.2 Å². The Morgan fingerprint density at radius 3 is 3.06 bits per heavy atom. The van der Waals surface area contributed by atoms with Gasteiger partial charge in [0.25, 0.3) is 5.91 Å². The van der Waals surface area contributed by atoms with Gasteiger partial charge in [0.2, 0.25) is 0 Å². The molecule has 0 radical (unpaired) electrons. The number of amides is 1. The summed E-state index contributed by atoms with van der Waals surface area (Å²) >= 11 is 4.18. The second-order valence-corrected chi connectivity index (χ2v) is 4.34. The molecule has 17 heavy (non-hydrogen) atoms. The Bertz CT molecular complexity index is 423. The average Bonchev–Trinajstić information content (AvgIpc) is 2.33. The number of nitrogens with zero attached hydrogens (tertiary/aromatic N) is 1. The fourth-order valence-corrected chi connectivity index (χ4v) is 2.11. The van der Waals surface area contributed by atoms with Crippen LogP contribution >= 0.6 is 12.6 Å². The summed E-state index contributed by atoms with van der Waals surface area (Å²) in [6.45, 7) is 1.50. The maximum Gasteiger partial charge on any atom is 0.265 e. The molecule has 0 aliphatic carbocycles. The molecule has 1 amide bonds. The summed E-state index contributed by atoms with van der Waals surface area (Å²) in [6.07, 6.45) is 0. The van der Waals surface area contributed by atoms with E-state index in [4.69, 9.17) is 4.74 Å². The van der Waals surface area contributed by atoms with Crippen molar-refractivity contribution in [2.75, 3.05) is 30.9 Å². The van der Waals surface area contributed by atoms with Crippen molar-refractivity contribution >= 4 is 24.2 Å². The molecule has 0 aromatic heterocycles. The summed E-state index contributed by atoms with van der Waals surface area (Å²) in [4.78, 5) is 13.5. The van der Waals surface area contributed by atoms with Crippen molar-refractivity contribution in [3.8, 4) is 5.75 Å². The zero-order valence-corrected chi connectivity index (χ0v) is 10.7. The van der Waals surface area contributed by atoms with E-state index in [-0.39, 0.29) is 12.5 Å². The molecule has 0 saturated carbocycles. The third-order valence-electron chi connectivity index (χ3n) is 2.67. The Labute approximate surface area is 106 Å². The van der Waals surface area contributed by atoms with Gasteiger partial charge < -0.3 is 15.0 Å². The number of ether oxygens (including phenoxy) is 1. The van der Waals surface area contributed by atoms with Crippen molar-refractivity contribution < 1.29 is 9.53 Å². The number of thiol groups is 1. The Kier molecular flexibility index (Phi) is 3.91. The normalized spacial score (nSPS) is 14.5. The summed E-state index contributed by atoms with van der Waals surface area (Å²) in [5.41, 5.74) is 1.98. The molecule has 4 nitrogen and oxygen atoms in total. The van der Waals surface area contributed by atoms with E-state index < -0.39 is 0 Å². The second kappa shape index (κ2) is 5.42. The van der Waals surface area contributed by atoms with E-state index in [0.29, 0.717) is 12.3 Å². The standard InChI is InChI=1S/C12H16N2O2S/c1-13-7-9-2-3-11-10(6-9)14(4-5-17)12(15)8-16-11/h2-3,6,13,17H,4-5,7-8H2,1H3. The summed E-state index contributed by atoms with van der Waals surface area (Å²) in [5.74, 6) is 1.40. The van der Waals surface area contributed by atoms with Gasteiger partial charge in [0.15, 0.2) is 6.61 Å². The molecule has 1 heterocycles. The predicted molar refractivity (Wildman–Crippen MR) is 70.9 cm³/mol. The molecule has 1 aliphatic rings. The van der Waals surface area contributed by atoms with Gasteiger partial charge in [0, 0.05) is 18.8 Å². The molecular formula is C12H16N2O2S. The molecule has 5 heteroatoms. The highest BCUT2D eigenvalue weighted by Gasteiger charge is 2.24. The number of benzene rings is 1. The molecule has 0 bridgehead atoms. The van der Waals surface area contributed by atoms with E-state index >= 15 is 0 Å². The average molecular weight is 252 g/mol. The lowest BCUT2D eigenvalue weighted by Gasteiger charge is -2.29. The lowest BCUT2D eigenvalue weighted by molar-refractivity contribution is -0.121. The largest absolute Gasteiger partial charge is 0.482 e. The van der Waals surface area contributed by atoms with Crippen molar-refractivity contribution in [3.63, 3.8) is 0 Å². The molecule has 92 valence electrons. The maximum absolute atomic E-state index is 11.8. The minimum Gasteiger partial charge on any atom is -0.482 e. The van der Waals surface area contributed by atoms with E-state index in [0.717, 1.165) is 23.5 Å². The molecule has 2 rings (SSSR count). The molecule has 0 unspecified atom stereocenters. The van der Waals surface area contributed by atoms with Gasteiger partial charge in [-0.05, 0) is 24.7 Å². The summed E-state index contributed by atoms with van der Waals surface area (Å²) in [5, 5.41) is 3.09. The molecule has 0 fully saturated rings. The maximum atomic E-state index is 11.8. The van der Waals surface area contributed by atoms with Crippen LogP contribution in [0.2, 0.25) is 0 Å². The number of hydrogen-bond donors (Lipinski definition) is 2. The first-order valence-corrected chi connectivity index (χ1v) is 6.21. The van der Waals surface area contributed by atoms with Crippen molar-refractivity contribution in [1.82, 2.24) is 5.32 Å². The van der Waals surface area contributed by atoms with Crippen LogP contribution in [0.3, 0.4) is 0 Å². The number of carbonyl (C=O) groups excluding carboxylic acids is 1. The van der Waals surface area contributed by atoms with E-state index in [2.05, 4.69) is 17.9 Å². The van der Waals surface area contributed by atoms with E-state index in [1.165, 1.54) is 0 Å². The van der Waals surface area contributed by atoms with Crippen LogP contribution in [0.25, 0.3) is 0 Å². The monoisotopic (exact) mass is 252 g/mol. The minimum atomic E-state index is -0.00634.